The Hall–Kier alpha value is -1.65. The molecule has 4 heteroatoms. The Morgan fingerprint density at radius 3 is 2.43 bits per heavy atom. The van der Waals surface area contributed by atoms with Crippen LogP contribution in [0.4, 0.5) is 0 Å². The summed E-state index contributed by atoms with van der Waals surface area (Å²) in [5, 5.41) is 3.30. The lowest BCUT2D eigenvalue weighted by atomic mass is 10.1. The van der Waals surface area contributed by atoms with Crippen molar-refractivity contribution in [2.45, 2.75) is 26.8 Å². The predicted molar refractivity (Wildman–Crippen MR) is 88.3 cm³/mol. The first-order valence-electron chi connectivity index (χ1n) is 7.71. The molecular formula is C17H26N4. The van der Waals surface area contributed by atoms with Crippen molar-refractivity contribution in [3.8, 4) is 11.4 Å². The summed E-state index contributed by atoms with van der Waals surface area (Å²) in [6, 6.07) is 10.6. The van der Waals surface area contributed by atoms with Gasteiger partial charge in [-0.15, -0.1) is 0 Å². The number of hydrogen-bond acceptors (Lipinski definition) is 3. The van der Waals surface area contributed by atoms with Gasteiger partial charge in [0, 0.05) is 17.8 Å². The summed E-state index contributed by atoms with van der Waals surface area (Å²) in [5.41, 5.74) is 3.43. The van der Waals surface area contributed by atoms with Gasteiger partial charge in [0.2, 0.25) is 0 Å². The number of nitrogens with one attached hydrogen (secondary N) is 2. The smallest absolute Gasteiger partial charge is 0.137 e. The van der Waals surface area contributed by atoms with E-state index >= 15 is 0 Å². The van der Waals surface area contributed by atoms with E-state index in [1.54, 1.807) is 0 Å². The third kappa shape index (κ3) is 3.52. The molecule has 114 valence electrons. The van der Waals surface area contributed by atoms with Gasteiger partial charge < -0.3 is 10.3 Å². The van der Waals surface area contributed by atoms with Gasteiger partial charge in [-0.3, -0.25) is 4.90 Å². The zero-order chi connectivity index (χ0) is 15.2. The van der Waals surface area contributed by atoms with E-state index in [1.807, 2.05) is 25.2 Å². The van der Waals surface area contributed by atoms with Gasteiger partial charge in [-0.05, 0) is 27.1 Å². The Labute approximate surface area is 127 Å². The first-order valence-corrected chi connectivity index (χ1v) is 7.71. The number of benzene rings is 1. The molecule has 2 aromatic rings. The molecule has 2 rings (SSSR count). The van der Waals surface area contributed by atoms with Gasteiger partial charge >= 0.3 is 0 Å². The highest BCUT2D eigenvalue weighted by atomic mass is 15.2. The zero-order valence-electron chi connectivity index (χ0n) is 13.5. The number of H-pyrrole nitrogens is 1. The predicted octanol–water partition coefficient (Wildman–Crippen LogP) is 2.99. The van der Waals surface area contributed by atoms with E-state index < -0.39 is 0 Å². The maximum Gasteiger partial charge on any atom is 0.137 e. The van der Waals surface area contributed by atoms with Crippen molar-refractivity contribution in [3.63, 3.8) is 0 Å². The van der Waals surface area contributed by atoms with E-state index in [4.69, 9.17) is 4.98 Å². The van der Waals surface area contributed by atoms with Crippen molar-refractivity contribution in [3.05, 3.63) is 41.7 Å². The molecule has 0 spiro atoms. The van der Waals surface area contributed by atoms with E-state index in [2.05, 4.69) is 48.1 Å². The highest BCUT2D eigenvalue weighted by Crippen LogP contribution is 2.25. The number of aryl methyl sites for hydroxylation is 1. The summed E-state index contributed by atoms with van der Waals surface area (Å²) in [5.74, 6) is 0.955. The molecule has 21 heavy (non-hydrogen) atoms. The lowest BCUT2D eigenvalue weighted by Crippen LogP contribution is -2.35. The van der Waals surface area contributed by atoms with Gasteiger partial charge in [-0.25, -0.2) is 4.98 Å². The topological polar surface area (TPSA) is 44.0 Å². The van der Waals surface area contributed by atoms with Gasteiger partial charge in [-0.1, -0.05) is 44.2 Å². The maximum absolute atomic E-state index is 4.88. The first-order chi connectivity index (χ1) is 10.2. The van der Waals surface area contributed by atoms with E-state index in [-0.39, 0.29) is 0 Å². The van der Waals surface area contributed by atoms with Gasteiger partial charge in [0.25, 0.3) is 0 Å². The van der Waals surface area contributed by atoms with E-state index in [1.165, 1.54) is 0 Å². The second-order valence-electron chi connectivity index (χ2n) is 5.26. The van der Waals surface area contributed by atoms with Crippen molar-refractivity contribution in [2.24, 2.45) is 0 Å². The molecule has 1 unspecified atom stereocenters. The number of nitrogens with zero attached hydrogens (tertiary/aromatic N) is 2. The molecule has 4 nitrogen and oxygen atoms in total. The van der Waals surface area contributed by atoms with Crippen molar-refractivity contribution < 1.29 is 0 Å². The largest absolute Gasteiger partial charge is 0.342 e. The second kappa shape index (κ2) is 7.38. The van der Waals surface area contributed by atoms with Gasteiger partial charge in [0.1, 0.15) is 5.82 Å². The second-order valence-corrected chi connectivity index (χ2v) is 5.26. The zero-order valence-corrected chi connectivity index (χ0v) is 13.5. The number of aromatic amines is 1. The Morgan fingerprint density at radius 2 is 1.86 bits per heavy atom. The minimum atomic E-state index is 0.304. The van der Waals surface area contributed by atoms with Crippen LogP contribution in [0.1, 0.15) is 31.3 Å². The van der Waals surface area contributed by atoms with Crippen LogP contribution in [0.2, 0.25) is 0 Å². The van der Waals surface area contributed by atoms with E-state index in [0.717, 1.165) is 42.4 Å². The fourth-order valence-electron chi connectivity index (χ4n) is 2.79. The van der Waals surface area contributed by atoms with Crippen LogP contribution in [-0.4, -0.2) is 41.5 Å². The van der Waals surface area contributed by atoms with Crippen LogP contribution in [0.5, 0.6) is 0 Å². The molecule has 0 aliphatic heterocycles. The van der Waals surface area contributed by atoms with E-state index in [0.29, 0.717) is 6.04 Å². The van der Waals surface area contributed by atoms with Crippen molar-refractivity contribution >= 4 is 0 Å². The Balaban J connectivity index is 2.35. The average molecular weight is 286 g/mol. The van der Waals surface area contributed by atoms with Gasteiger partial charge in [0.15, 0.2) is 0 Å². The van der Waals surface area contributed by atoms with Crippen molar-refractivity contribution in [2.75, 3.05) is 26.7 Å². The van der Waals surface area contributed by atoms with Crippen LogP contribution in [0, 0.1) is 6.92 Å². The third-order valence-electron chi connectivity index (χ3n) is 3.94. The Morgan fingerprint density at radius 1 is 1.19 bits per heavy atom. The summed E-state index contributed by atoms with van der Waals surface area (Å²) in [6.07, 6.45) is 0. The van der Waals surface area contributed by atoms with Crippen LogP contribution >= 0.6 is 0 Å². The lowest BCUT2D eigenvalue weighted by Gasteiger charge is -2.28. The molecule has 1 aromatic carbocycles. The van der Waals surface area contributed by atoms with Crippen LogP contribution in [0.3, 0.4) is 0 Å². The Bertz CT molecular complexity index is 543. The molecule has 0 saturated carbocycles. The van der Waals surface area contributed by atoms with Crippen LogP contribution in [-0.2, 0) is 0 Å². The lowest BCUT2D eigenvalue weighted by molar-refractivity contribution is 0.212. The molecule has 1 aromatic heterocycles. The highest BCUT2D eigenvalue weighted by Gasteiger charge is 2.22. The molecule has 0 aliphatic carbocycles. The molecular weight excluding hydrogens is 260 g/mol. The Kier molecular flexibility index (Phi) is 5.53. The van der Waals surface area contributed by atoms with Crippen LogP contribution < -0.4 is 5.32 Å². The minimum absolute atomic E-state index is 0.304. The molecule has 1 heterocycles. The fourth-order valence-corrected chi connectivity index (χ4v) is 2.79. The molecule has 0 amide bonds. The highest BCUT2D eigenvalue weighted by molar-refractivity contribution is 5.55. The first kappa shape index (κ1) is 15.7. The van der Waals surface area contributed by atoms with Crippen LogP contribution in [0.25, 0.3) is 11.4 Å². The molecule has 1 atom stereocenters. The van der Waals surface area contributed by atoms with Gasteiger partial charge in [0.05, 0.1) is 11.7 Å². The molecule has 0 radical (unpaired) electrons. The fraction of sp³-hybridized carbons (Fsp3) is 0.471. The number of hydrogen-bond donors (Lipinski definition) is 2. The summed E-state index contributed by atoms with van der Waals surface area (Å²) in [4.78, 5) is 10.8. The third-order valence-corrected chi connectivity index (χ3v) is 3.94. The van der Waals surface area contributed by atoms with Crippen molar-refractivity contribution in [1.82, 2.24) is 20.2 Å². The normalized spacial score (nSPS) is 12.8. The van der Waals surface area contributed by atoms with Crippen LogP contribution in [0.15, 0.2) is 30.3 Å². The molecule has 0 fully saturated rings. The standard InChI is InChI=1S/C17H26N4/c1-5-21(6-2)15(12-18-4)16-13(3)19-17(20-16)14-10-8-7-9-11-14/h7-11,15,18H,5-6,12H2,1-4H3,(H,19,20). The number of imidazole rings is 1. The number of likely N-dealkylation sites (N-methyl/N-ethyl adjacent to an activating group) is 2. The monoisotopic (exact) mass is 286 g/mol. The molecule has 0 saturated heterocycles. The summed E-state index contributed by atoms with van der Waals surface area (Å²) in [6.45, 7) is 9.46. The number of aromatic nitrogens is 2. The summed E-state index contributed by atoms with van der Waals surface area (Å²) in [7, 11) is 2.00. The number of rotatable bonds is 7. The average Bonchev–Trinajstić information content (AvgIpc) is 2.90. The quantitative estimate of drug-likeness (QED) is 0.822. The van der Waals surface area contributed by atoms with Crippen molar-refractivity contribution in [1.29, 1.82) is 0 Å². The molecule has 0 aliphatic rings. The molecule has 2 N–H and O–H groups in total. The minimum Gasteiger partial charge on any atom is -0.342 e. The maximum atomic E-state index is 4.88. The van der Waals surface area contributed by atoms with Gasteiger partial charge in [-0.2, -0.15) is 0 Å². The molecule has 0 bridgehead atoms. The SMILES string of the molecule is CCN(CC)C(CNC)c1nc(-c2ccccc2)[nH]c1C. The van der Waals surface area contributed by atoms with E-state index in [9.17, 15) is 0 Å². The summed E-state index contributed by atoms with van der Waals surface area (Å²) < 4.78 is 0. The summed E-state index contributed by atoms with van der Waals surface area (Å²) >= 11 is 0.